The molecule has 3 aliphatic carbocycles. The maximum Gasteiger partial charge on any atom is -0.0383 e. The number of hydrogen-bond acceptors (Lipinski definition) is 0. The Morgan fingerprint density at radius 2 is 1.06 bits per heavy atom. The van der Waals surface area contributed by atoms with Crippen LogP contribution in [0.15, 0.2) is 0 Å². The molecule has 3 saturated carbocycles. The summed E-state index contributed by atoms with van der Waals surface area (Å²) in [5.74, 6) is 6.46. The van der Waals surface area contributed by atoms with Crippen LogP contribution in [0.3, 0.4) is 0 Å². The van der Waals surface area contributed by atoms with Gasteiger partial charge in [-0.1, -0.05) is 46.0 Å². The lowest BCUT2D eigenvalue weighted by molar-refractivity contribution is 0.0658. The molecule has 0 aromatic rings. The predicted octanol–water partition coefficient (Wildman–Crippen LogP) is 5.67. The second kappa shape index (κ2) is 5.55. The Morgan fingerprint density at radius 3 is 1.83 bits per heavy atom. The Bertz CT molecular complexity index is 269. The van der Waals surface area contributed by atoms with Crippen LogP contribution in [0.4, 0.5) is 0 Å². The van der Waals surface area contributed by atoms with Crippen molar-refractivity contribution in [3.63, 3.8) is 0 Å². The summed E-state index contributed by atoms with van der Waals surface area (Å²) in [6.45, 7) is 4.97. The van der Waals surface area contributed by atoms with Gasteiger partial charge in [-0.05, 0) is 67.6 Å². The normalized spacial score (nSPS) is 49.7. The van der Waals surface area contributed by atoms with Crippen molar-refractivity contribution in [1.82, 2.24) is 0 Å². The van der Waals surface area contributed by atoms with E-state index in [1.807, 2.05) is 0 Å². The fourth-order valence-corrected chi connectivity index (χ4v) is 5.36. The van der Waals surface area contributed by atoms with E-state index in [1.165, 1.54) is 19.3 Å². The topological polar surface area (TPSA) is 0 Å². The molecule has 0 saturated heterocycles. The molecule has 0 bridgehead atoms. The van der Waals surface area contributed by atoms with Gasteiger partial charge in [-0.25, -0.2) is 0 Å². The van der Waals surface area contributed by atoms with E-state index < -0.39 is 0 Å². The number of fused-ring (bicyclic) bond motifs is 1. The third-order valence-corrected chi connectivity index (χ3v) is 6.89. The van der Waals surface area contributed by atoms with E-state index in [0.717, 1.165) is 35.5 Å². The van der Waals surface area contributed by atoms with Crippen LogP contribution in [0.1, 0.15) is 78.1 Å². The summed E-state index contributed by atoms with van der Waals surface area (Å²) in [4.78, 5) is 0. The van der Waals surface area contributed by atoms with Crippen LogP contribution in [0.25, 0.3) is 0 Å². The molecule has 3 aliphatic rings. The highest BCUT2D eigenvalue weighted by Gasteiger charge is 2.37. The Balaban J connectivity index is 1.57. The number of rotatable bonds is 1. The summed E-state index contributed by atoms with van der Waals surface area (Å²) in [5, 5.41) is 0. The molecule has 0 heterocycles. The molecule has 6 atom stereocenters. The van der Waals surface area contributed by atoms with Gasteiger partial charge in [0.1, 0.15) is 0 Å². The molecular formula is C18H32. The molecule has 0 spiro atoms. The number of hydrogen-bond donors (Lipinski definition) is 0. The van der Waals surface area contributed by atoms with E-state index in [2.05, 4.69) is 13.8 Å². The molecule has 18 heavy (non-hydrogen) atoms. The van der Waals surface area contributed by atoms with Crippen molar-refractivity contribution in [3.8, 4) is 0 Å². The Kier molecular flexibility index (Phi) is 4.01. The first kappa shape index (κ1) is 13.0. The minimum atomic E-state index is 0.993. The summed E-state index contributed by atoms with van der Waals surface area (Å²) in [6, 6.07) is 0. The smallest absolute Gasteiger partial charge is 0.0383 e. The van der Waals surface area contributed by atoms with Gasteiger partial charge >= 0.3 is 0 Å². The van der Waals surface area contributed by atoms with Crippen molar-refractivity contribution >= 4 is 0 Å². The third kappa shape index (κ3) is 2.63. The largest absolute Gasteiger partial charge is 0.0623 e. The van der Waals surface area contributed by atoms with Gasteiger partial charge in [0.2, 0.25) is 0 Å². The van der Waals surface area contributed by atoms with E-state index in [0.29, 0.717) is 0 Å². The molecule has 104 valence electrons. The SMILES string of the molecule is CC1CCC(C2CCC3CCCCC3C2)CC1C. The van der Waals surface area contributed by atoms with Crippen LogP contribution >= 0.6 is 0 Å². The molecule has 0 aliphatic heterocycles. The van der Waals surface area contributed by atoms with Crippen molar-refractivity contribution in [2.24, 2.45) is 35.5 Å². The first-order valence-corrected chi connectivity index (χ1v) is 8.74. The second-order valence-electron chi connectivity index (χ2n) is 7.91. The molecule has 0 radical (unpaired) electrons. The summed E-state index contributed by atoms with van der Waals surface area (Å²) in [6.07, 6.45) is 15.6. The van der Waals surface area contributed by atoms with Crippen molar-refractivity contribution in [2.75, 3.05) is 0 Å². The van der Waals surface area contributed by atoms with Gasteiger partial charge in [-0.3, -0.25) is 0 Å². The zero-order chi connectivity index (χ0) is 12.5. The van der Waals surface area contributed by atoms with Gasteiger partial charge in [-0.15, -0.1) is 0 Å². The zero-order valence-electron chi connectivity index (χ0n) is 12.5. The lowest BCUT2D eigenvalue weighted by Gasteiger charge is -2.44. The molecule has 0 N–H and O–H groups in total. The monoisotopic (exact) mass is 248 g/mol. The van der Waals surface area contributed by atoms with E-state index in [1.54, 1.807) is 44.9 Å². The Hall–Kier alpha value is 0. The Morgan fingerprint density at radius 1 is 0.500 bits per heavy atom. The highest BCUT2D eigenvalue weighted by molar-refractivity contribution is 4.88. The predicted molar refractivity (Wildman–Crippen MR) is 78.5 cm³/mol. The molecule has 0 heteroatoms. The molecule has 3 fully saturated rings. The molecule has 0 amide bonds. The minimum absolute atomic E-state index is 0.993. The molecular weight excluding hydrogens is 216 g/mol. The molecule has 0 aromatic heterocycles. The minimum Gasteiger partial charge on any atom is -0.0623 e. The van der Waals surface area contributed by atoms with Crippen LogP contribution < -0.4 is 0 Å². The zero-order valence-corrected chi connectivity index (χ0v) is 12.5. The van der Waals surface area contributed by atoms with Crippen LogP contribution in [0, 0.1) is 35.5 Å². The van der Waals surface area contributed by atoms with E-state index in [4.69, 9.17) is 0 Å². The van der Waals surface area contributed by atoms with Gasteiger partial charge in [0, 0.05) is 0 Å². The standard InChI is InChI=1S/C18H32/c1-13-7-8-17(11-14(13)2)18-10-9-15-5-3-4-6-16(15)12-18/h13-18H,3-12H2,1-2H3. The van der Waals surface area contributed by atoms with Gasteiger partial charge in [0.25, 0.3) is 0 Å². The average Bonchev–Trinajstić information content (AvgIpc) is 2.41. The molecule has 0 nitrogen and oxygen atoms in total. The van der Waals surface area contributed by atoms with Crippen molar-refractivity contribution in [3.05, 3.63) is 0 Å². The second-order valence-corrected chi connectivity index (χ2v) is 7.91. The van der Waals surface area contributed by atoms with Gasteiger partial charge in [0.15, 0.2) is 0 Å². The average molecular weight is 248 g/mol. The fourth-order valence-electron chi connectivity index (χ4n) is 5.36. The van der Waals surface area contributed by atoms with Crippen LogP contribution in [-0.4, -0.2) is 0 Å². The third-order valence-electron chi connectivity index (χ3n) is 6.89. The lowest BCUT2D eigenvalue weighted by atomic mass is 9.61. The first-order valence-electron chi connectivity index (χ1n) is 8.74. The Labute approximate surface area is 114 Å². The lowest BCUT2D eigenvalue weighted by Crippen LogP contribution is -2.33. The summed E-state index contributed by atoms with van der Waals surface area (Å²) >= 11 is 0. The first-order chi connectivity index (χ1) is 8.74. The van der Waals surface area contributed by atoms with E-state index >= 15 is 0 Å². The quantitative estimate of drug-likeness (QED) is 0.561. The van der Waals surface area contributed by atoms with Gasteiger partial charge in [-0.2, -0.15) is 0 Å². The highest BCUT2D eigenvalue weighted by atomic mass is 14.4. The van der Waals surface area contributed by atoms with Crippen molar-refractivity contribution in [1.29, 1.82) is 0 Å². The molecule has 6 unspecified atom stereocenters. The molecule has 0 aromatic carbocycles. The van der Waals surface area contributed by atoms with Crippen LogP contribution in [0.5, 0.6) is 0 Å². The summed E-state index contributed by atoms with van der Waals surface area (Å²) in [5.41, 5.74) is 0. The highest BCUT2D eigenvalue weighted by Crippen LogP contribution is 2.48. The van der Waals surface area contributed by atoms with Crippen molar-refractivity contribution < 1.29 is 0 Å². The maximum absolute atomic E-state index is 2.50. The summed E-state index contributed by atoms with van der Waals surface area (Å²) in [7, 11) is 0. The van der Waals surface area contributed by atoms with Gasteiger partial charge < -0.3 is 0 Å². The van der Waals surface area contributed by atoms with E-state index in [9.17, 15) is 0 Å². The fraction of sp³-hybridized carbons (Fsp3) is 1.00. The summed E-state index contributed by atoms with van der Waals surface area (Å²) < 4.78 is 0. The van der Waals surface area contributed by atoms with Gasteiger partial charge in [0.05, 0.1) is 0 Å². The molecule has 3 rings (SSSR count). The maximum atomic E-state index is 2.50. The van der Waals surface area contributed by atoms with Crippen LogP contribution in [0.2, 0.25) is 0 Å². The van der Waals surface area contributed by atoms with Crippen LogP contribution in [-0.2, 0) is 0 Å². The van der Waals surface area contributed by atoms with Crippen molar-refractivity contribution in [2.45, 2.75) is 78.1 Å². The van der Waals surface area contributed by atoms with E-state index in [-0.39, 0.29) is 0 Å².